The smallest absolute Gasteiger partial charge is 0.224 e. The molecule has 4 nitrogen and oxygen atoms in total. The third kappa shape index (κ3) is 3.53. The van der Waals surface area contributed by atoms with E-state index >= 15 is 0 Å². The summed E-state index contributed by atoms with van der Waals surface area (Å²) in [6, 6.07) is 4.01. The average molecular weight is 247 g/mol. The molecule has 2 rings (SSSR count). The predicted molar refractivity (Wildman–Crippen MR) is 70.9 cm³/mol. The van der Waals surface area contributed by atoms with Crippen LogP contribution in [0, 0.1) is 5.92 Å². The maximum absolute atomic E-state index is 12.0. The van der Waals surface area contributed by atoms with Gasteiger partial charge in [0.15, 0.2) is 0 Å². The standard InChI is InChI=1S/C14H21N3O/c15-10-12-3-1-2-4-13(12)17-14(18)9-11-5-7-16-8-6-11/h5-8,12-13H,1-4,9-10,15H2,(H,17,18). The van der Waals surface area contributed by atoms with Crippen molar-refractivity contribution >= 4 is 5.91 Å². The summed E-state index contributed by atoms with van der Waals surface area (Å²) in [6.45, 7) is 0.667. The lowest BCUT2D eigenvalue weighted by Crippen LogP contribution is -2.45. The van der Waals surface area contributed by atoms with Crippen LogP contribution in [0.4, 0.5) is 0 Å². The van der Waals surface area contributed by atoms with Gasteiger partial charge in [0.05, 0.1) is 6.42 Å². The summed E-state index contributed by atoms with van der Waals surface area (Å²) < 4.78 is 0. The highest BCUT2D eigenvalue weighted by Gasteiger charge is 2.25. The maximum Gasteiger partial charge on any atom is 0.224 e. The molecule has 0 saturated heterocycles. The topological polar surface area (TPSA) is 68.0 Å². The first kappa shape index (κ1) is 13.0. The molecule has 1 aromatic rings. The van der Waals surface area contributed by atoms with Crippen LogP contribution >= 0.6 is 0 Å². The highest BCUT2D eigenvalue weighted by atomic mass is 16.1. The van der Waals surface area contributed by atoms with Crippen LogP contribution in [-0.2, 0) is 11.2 Å². The number of pyridine rings is 1. The first-order chi connectivity index (χ1) is 8.79. The fourth-order valence-corrected chi connectivity index (χ4v) is 2.62. The number of amides is 1. The van der Waals surface area contributed by atoms with Gasteiger partial charge >= 0.3 is 0 Å². The van der Waals surface area contributed by atoms with Crippen LogP contribution in [0.5, 0.6) is 0 Å². The van der Waals surface area contributed by atoms with Gasteiger partial charge in [0.25, 0.3) is 0 Å². The van der Waals surface area contributed by atoms with Gasteiger partial charge in [-0.25, -0.2) is 0 Å². The van der Waals surface area contributed by atoms with Crippen molar-refractivity contribution in [2.24, 2.45) is 11.7 Å². The quantitative estimate of drug-likeness (QED) is 0.841. The van der Waals surface area contributed by atoms with Crippen molar-refractivity contribution in [3.8, 4) is 0 Å². The predicted octanol–water partition coefficient (Wildman–Crippen LogP) is 1.26. The molecule has 2 unspecified atom stereocenters. The Morgan fingerprint density at radius 2 is 2.06 bits per heavy atom. The van der Waals surface area contributed by atoms with Gasteiger partial charge in [0.1, 0.15) is 0 Å². The second kappa shape index (κ2) is 6.50. The van der Waals surface area contributed by atoms with Gasteiger partial charge in [-0.2, -0.15) is 0 Å². The Kier molecular flexibility index (Phi) is 4.70. The highest BCUT2D eigenvalue weighted by molar-refractivity contribution is 5.78. The number of carbonyl (C=O) groups is 1. The summed E-state index contributed by atoms with van der Waals surface area (Å²) >= 11 is 0. The minimum absolute atomic E-state index is 0.0894. The van der Waals surface area contributed by atoms with Crippen molar-refractivity contribution in [3.63, 3.8) is 0 Å². The van der Waals surface area contributed by atoms with E-state index in [-0.39, 0.29) is 11.9 Å². The van der Waals surface area contributed by atoms with Gasteiger partial charge in [-0.1, -0.05) is 12.8 Å². The normalized spacial score (nSPS) is 23.6. The molecular formula is C14H21N3O. The monoisotopic (exact) mass is 247 g/mol. The molecule has 1 amide bonds. The van der Waals surface area contributed by atoms with Crippen LogP contribution in [0.1, 0.15) is 31.2 Å². The number of hydrogen-bond donors (Lipinski definition) is 2. The second-order valence-corrected chi connectivity index (χ2v) is 4.99. The zero-order valence-electron chi connectivity index (χ0n) is 10.6. The molecule has 1 aliphatic rings. The summed E-state index contributed by atoms with van der Waals surface area (Å²) in [5, 5.41) is 3.13. The molecule has 0 spiro atoms. The molecule has 0 aromatic carbocycles. The minimum atomic E-state index is 0.0894. The fourth-order valence-electron chi connectivity index (χ4n) is 2.62. The molecule has 18 heavy (non-hydrogen) atoms. The summed E-state index contributed by atoms with van der Waals surface area (Å²) in [5.41, 5.74) is 6.76. The Morgan fingerprint density at radius 3 is 2.78 bits per heavy atom. The van der Waals surface area contributed by atoms with Crippen molar-refractivity contribution in [2.75, 3.05) is 6.54 Å². The molecule has 1 aromatic heterocycles. The number of rotatable bonds is 4. The summed E-state index contributed by atoms with van der Waals surface area (Å²) in [7, 11) is 0. The first-order valence-electron chi connectivity index (χ1n) is 6.68. The number of hydrogen-bond acceptors (Lipinski definition) is 3. The molecular weight excluding hydrogens is 226 g/mol. The summed E-state index contributed by atoms with van der Waals surface area (Å²) in [6.07, 6.45) is 8.48. The molecule has 0 bridgehead atoms. The van der Waals surface area contributed by atoms with Crippen molar-refractivity contribution in [2.45, 2.75) is 38.1 Å². The van der Waals surface area contributed by atoms with E-state index in [2.05, 4.69) is 10.3 Å². The molecule has 3 N–H and O–H groups in total. The molecule has 1 fully saturated rings. The van der Waals surface area contributed by atoms with Gasteiger partial charge in [0.2, 0.25) is 5.91 Å². The van der Waals surface area contributed by atoms with Crippen LogP contribution in [0.2, 0.25) is 0 Å². The van der Waals surface area contributed by atoms with Gasteiger partial charge in [-0.3, -0.25) is 9.78 Å². The van der Waals surface area contributed by atoms with Crippen molar-refractivity contribution in [1.29, 1.82) is 0 Å². The van der Waals surface area contributed by atoms with E-state index in [0.29, 0.717) is 18.9 Å². The molecule has 1 aliphatic carbocycles. The fraction of sp³-hybridized carbons (Fsp3) is 0.571. The van der Waals surface area contributed by atoms with Gasteiger partial charge in [-0.15, -0.1) is 0 Å². The van der Waals surface area contributed by atoms with Crippen LogP contribution in [0.15, 0.2) is 24.5 Å². The third-order valence-corrected chi connectivity index (χ3v) is 3.67. The van der Waals surface area contributed by atoms with Gasteiger partial charge in [-0.05, 0) is 43.0 Å². The molecule has 1 heterocycles. The zero-order valence-corrected chi connectivity index (χ0v) is 10.6. The van der Waals surface area contributed by atoms with Crippen LogP contribution in [0.25, 0.3) is 0 Å². The average Bonchev–Trinajstić information content (AvgIpc) is 2.40. The molecule has 98 valence electrons. The largest absolute Gasteiger partial charge is 0.353 e. The molecule has 4 heteroatoms. The Balaban J connectivity index is 1.86. The Hall–Kier alpha value is -1.42. The number of nitrogens with one attached hydrogen (secondary N) is 1. The summed E-state index contributed by atoms with van der Waals surface area (Å²) in [5.74, 6) is 0.534. The van der Waals surface area contributed by atoms with E-state index in [1.807, 2.05) is 12.1 Å². The summed E-state index contributed by atoms with van der Waals surface area (Å²) in [4.78, 5) is 15.9. The van der Waals surface area contributed by atoms with Crippen LogP contribution < -0.4 is 11.1 Å². The van der Waals surface area contributed by atoms with E-state index in [1.54, 1.807) is 12.4 Å². The Bertz CT molecular complexity index is 380. The third-order valence-electron chi connectivity index (χ3n) is 3.67. The second-order valence-electron chi connectivity index (χ2n) is 4.99. The Labute approximate surface area is 108 Å². The van der Waals surface area contributed by atoms with Crippen LogP contribution in [0.3, 0.4) is 0 Å². The van der Waals surface area contributed by atoms with E-state index in [4.69, 9.17) is 5.73 Å². The van der Waals surface area contributed by atoms with E-state index < -0.39 is 0 Å². The first-order valence-corrected chi connectivity index (χ1v) is 6.68. The van der Waals surface area contributed by atoms with Gasteiger partial charge in [0, 0.05) is 18.4 Å². The lowest BCUT2D eigenvalue weighted by Gasteiger charge is -2.31. The number of nitrogens with zero attached hydrogens (tertiary/aromatic N) is 1. The number of nitrogens with two attached hydrogens (primary N) is 1. The van der Waals surface area contributed by atoms with Crippen molar-refractivity contribution < 1.29 is 4.79 Å². The van der Waals surface area contributed by atoms with Gasteiger partial charge < -0.3 is 11.1 Å². The minimum Gasteiger partial charge on any atom is -0.353 e. The zero-order chi connectivity index (χ0) is 12.8. The Morgan fingerprint density at radius 1 is 1.33 bits per heavy atom. The van der Waals surface area contributed by atoms with Crippen molar-refractivity contribution in [3.05, 3.63) is 30.1 Å². The lowest BCUT2D eigenvalue weighted by atomic mass is 9.84. The van der Waals surface area contributed by atoms with Crippen LogP contribution in [-0.4, -0.2) is 23.5 Å². The van der Waals surface area contributed by atoms with E-state index in [9.17, 15) is 4.79 Å². The highest BCUT2D eigenvalue weighted by Crippen LogP contribution is 2.23. The molecule has 2 atom stereocenters. The number of aromatic nitrogens is 1. The molecule has 1 saturated carbocycles. The number of carbonyl (C=O) groups excluding carboxylic acids is 1. The SMILES string of the molecule is NCC1CCCCC1NC(=O)Cc1ccncc1. The van der Waals surface area contributed by atoms with Crippen molar-refractivity contribution in [1.82, 2.24) is 10.3 Å². The lowest BCUT2D eigenvalue weighted by molar-refractivity contribution is -0.121. The van der Waals surface area contributed by atoms with E-state index in [1.165, 1.54) is 12.8 Å². The van der Waals surface area contributed by atoms with E-state index in [0.717, 1.165) is 18.4 Å². The molecule has 0 radical (unpaired) electrons. The maximum atomic E-state index is 12.0. The molecule has 0 aliphatic heterocycles.